The molecule has 0 aromatic heterocycles. The number of carboxylic acids is 2. The molecule has 0 spiro atoms. The van der Waals surface area contributed by atoms with Gasteiger partial charge in [0.25, 0.3) is 0 Å². The summed E-state index contributed by atoms with van der Waals surface area (Å²) in [5, 5.41) is 23.7. The summed E-state index contributed by atoms with van der Waals surface area (Å²) in [4.78, 5) is 17.8. The van der Waals surface area contributed by atoms with Gasteiger partial charge in [-0.25, -0.2) is 0 Å². The van der Waals surface area contributed by atoms with Crippen LogP contribution in [0.5, 0.6) is 0 Å². The van der Waals surface area contributed by atoms with Gasteiger partial charge in [0.2, 0.25) is 0 Å². The minimum Gasteiger partial charge on any atom is -0.550 e. The van der Waals surface area contributed by atoms with Gasteiger partial charge in [0.1, 0.15) is 0 Å². The maximum absolute atomic E-state index is 8.89. The third-order valence-corrected chi connectivity index (χ3v) is 10.6. The number of aliphatic carboxylic acids is 2. The first-order valence-corrected chi connectivity index (χ1v) is 16.5. The van der Waals surface area contributed by atoms with E-state index in [0.29, 0.717) is 0 Å². The Morgan fingerprint density at radius 3 is 0.805 bits per heavy atom. The van der Waals surface area contributed by atoms with Crippen LogP contribution in [-0.2, 0) is 30.0 Å². The van der Waals surface area contributed by atoms with E-state index < -0.39 is 11.9 Å². The smallest absolute Gasteiger partial charge is 0.550 e. The van der Waals surface area contributed by atoms with Crippen LogP contribution in [0.25, 0.3) is 0 Å². The molecule has 0 saturated carbocycles. The van der Waals surface area contributed by atoms with Crippen molar-refractivity contribution in [2.75, 3.05) is 12.3 Å². The topological polar surface area (TPSA) is 80.3 Å². The number of benzene rings is 4. The van der Waals surface area contributed by atoms with Gasteiger partial charge in [-0.3, -0.25) is 0 Å². The number of carbonyl (C=O) groups is 2. The normalized spacial score (nSPS) is 9.51. The summed E-state index contributed by atoms with van der Waals surface area (Å²) in [7, 11) is -0.302. The van der Waals surface area contributed by atoms with E-state index >= 15 is 0 Å². The van der Waals surface area contributed by atoms with E-state index in [9.17, 15) is 0 Å². The predicted octanol–water partition coefficient (Wildman–Crippen LogP) is 4.57. The van der Waals surface area contributed by atoms with Gasteiger partial charge in [0.05, 0.1) is 0 Å². The molecule has 0 aliphatic heterocycles. The molecular formula is C34H40O4P2Pd. The predicted molar refractivity (Wildman–Crippen MR) is 170 cm³/mol. The van der Waals surface area contributed by atoms with Gasteiger partial charge in [0, 0.05) is 11.9 Å². The molecule has 0 N–H and O–H groups in total. The molecule has 4 aromatic rings. The number of hydrogen-bond acceptors (Lipinski definition) is 4. The molecule has 0 atom stereocenters. The van der Waals surface area contributed by atoms with Gasteiger partial charge >= 0.3 is 20.4 Å². The van der Waals surface area contributed by atoms with Gasteiger partial charge in [-0.15, -0.1) is 0 Å². The van der Waals surface area contributed by atoms with E-state index in [2.05, 4.69) is 135 Å². The van der Waals surface area contributed by atoms with Crippen molar-refractivity contribution in [2.45, 2.75) is 40.5 Å². The third-order valence-electron chi connectivity index (χ3n) is 5.17. The summed E-state index contributed by atoms with van der Waals surface area (Å²) in [5.41, 5.74) is 0. The zero-order chi connectivity index (χ0) is 29.6. The van der Waals surface area contributed by atoms with Crippen LogP contribution in [0.2, 0.25) is 0 Å². The molecule has 0 saturated heterocycles. The number of carboxylic acid groups (broad SMARTS) is 2. The molecule has 4 rings (SSSR count). The van der Waals surface area contributed by atoms with Crippen LogP contribution in [0.4, 0.5) is 0 Å². The summed E-state index contributed by atoms with van der Waals surface area (Å²) in [6.45, 7) is 6.47. The summed E-state index contributed by atoms with van der Waals surface area (Å²) >= 11 is 0. The quantitative estimate of drug-likeness (QED) is 0.202. The Bertz CT molecular complexity index is 1010. The first-order chi connectivity index (χ1) is 19.3. The van der Waals surface area contributed by atoms with Gasteiger partial charge in [-0.1, -0.05) is 148 Å². The second kappa shape index (κ2) is 24.0. The summed E-state index contributed by atoms with van der Waals surface area (Å²) in [6, 6.07) is 43.6. The Labute approximate surface area is 262 Å². The van der Waals surface area contributed by atoms with E-state index in [0.717, 1.165) is 13.8 Å². The van der Waals surface area contributed by atoms with Crippen molar-refractivity contribution in [1.82, 2.24) is 0 Å². The third kappa shape index (κ3) is 17.7. The van der Waals surface area contributed by atoms with Crippen molar-refractivity contribution in [3.05, 3.63) is 121 Å². The largest absolute Gasteiger partial charge is 2.00 e. The Morgan fingerprint density at radius 2 is 0.659 bits per heavy atom. The molecule has 0 fully saturated rings. The Hall–Kier alpha value is -2.66. The van der Waals surface area contributed by atoms with Crippen LogP contribution in [0.15, 0.2) is 121 Å². The minimum atomic E-state index is -1.08. The van der Waals surface area contributed by atoms with E-state index in [1.165, 1.54) is 46.4 Å². The van der Waals surface area contributed by atoms with Crippen molar-refractivity contribution in [2.24, 2.45) is 0 Å². The Morgan fingerprint density at radius 1 is 0.488 bits per heavy atom. The summed E-state index contributed by atoms with van der Waals surface area (Å²) < 4.78 is 0. The van der Waals surface area contributed by atoms with E-state index in [1.807, 2.05) is 0 Å². The monoisotopic (exact) mass is 680 g/mol. The minimum absolute atomic E-state index is 0. The first kappa shape index (κ1) is 38.3. The van der Waals surface area contributed by atoms with Crippen molar-refractivity contribution < 1.29 is 40.2 Å². The molecule has 0 aliphatic carbocycles. The second-order valence-electron chi connectivity index (χ2n) is 8.63. The molecule has 0 radical (unpaired) electrons. The fourth-order valence-electron chi connectivity index (χ4n) is 3.69. The molecular weight excluding hydrogens is 641 g/mol. The molecule has 0 bridgehead atoms. The standard InChI is InChI=1S/2C15H17P.2C2H4O2.Pd/c2*1-2-13-16(14-9-5-3-6-10-14)15-11-7-4-8-12-15;2*1-2(3)4;/h2*3-12H,2,13H2,1H3;2*1H3,(H,3,4);/q;;;;+2/p-2. The zero-order valence-corrected chi connectivity index (χ0v) is 27.6. The summed E-state index contributed by atoms with van der Waals surface area (Å²) in [6.07, 6.45) is 5.05. The maximum Gasteiger partial charge on any atom is 2.00 e. The molecule has 4 aromatic carbocycles. The maximum atomic E-state index is 8.89. The van der Waals surface area contributed by atoms with E-state index in [1.54, 1.807) is 0 Å². The van der Waals surface area contributed by atoms with E-state index in [-0.39, 0.29) is 36.3 Å². The average molecular weight is 681 g/mol. The molecule has 41 heavy (non-hydrogen) atoms. The van der Waals surface area contributed by atoms with Crippen LogP contribution < -0.4 is 31.4 Å². The van der Waals surface area contributed by atoms with Crippen molar-refractivity contribution in [1.29, 1.82) is 0 Å². The number of carbonyl (C=O) groups excluding carboxylic acids is 2. The summed E-state index contributed by atoms with van der Waals surface area (Å²) in [5.74, 6) is -2.17. The van der Waals surface area contributed by atoms with Gasteiger partial charge < -0.3 is 19.8 Å². The van der Waals surface area contributed by atoms with Gasteiger partial charge in [-0.2, -0.15) is 0 Å². The van der Waals surface area contributed by atoms with Gasteiger partial charge in [-0.05, 0) is 63.2 Å². The number of hydrogen-bond donors (Lipinski definition) is 0. The second-order valence-corrected chi connectivity index (χ2v) is 13.3. The zero-order valence-electron chi connectivity index (χ0n) is 24.2. The van der Waals surface area contributed by atoms with Crippen molar-refractivity contribution in [3.63, 3.8) is 0 Å². The SMILES string of the molecule is CC(=O)[O-].CC(=O)[O-].CCCP(c1ccccc1)c1ccccc1.CCCP(c1ccccc1)c1ccccc1.[Pd+2]. The van der Waals surface area contributed by atoms with Crippen LogP contribution in [0, 0.1) is 0 Å². The Kier molecular flexibility index (Phi) is 22.4. The Balaban J connectivity index is 0.000000609. The van der Waals surface area contributed by atoms with Crippen LogP contribution in [0.1, 0.15) is 40.5 Å². The van der Waals surface area contributed by atoms with Crippen molar-refractivity contribution >= 4 is 49.0 Å². The molecule has 0 amide bonds. The molecule has 220 valence electrons. The van der Waals surface area contributed by atoms with Gasteiger partial charge in [0.15, 0.2) is 0 Å². The van der Waals surface area contributed by atoms with Crippen LogP contribution in [0.3, 0.4) is 0 Å². The number of rotatable bonds is 8. The molecule has 0 aliphatic rings. The van der Waals surface area contributed by atoms with Crippen molar-refractivity contribution in [3.8, 4) is 0 Å². The fraction of sp³-hybridized carbons (Fsp3) is 0.235. The molecule has 7 heteroatoms. The molecule has 0 unspecified atom stereocenters. The molecule has 0 heterocycles. The fourth-order valence-corrected chi connectivity index (χ4v) is 8.35. The molecule has 4 nitrogen and oxygen atoms in total. The average Bonchev–Trinajstić information content (AvgIpc) is 2.96. The first-order valence-electron chi connectivity index (χ1n) is 13.4. The van der Waals surface area contributed by atoms with Crippen LogP contribution >= 0.6 is 15.8 Å². The van der Waals surface area contributed by atoms with Crippen LogP contribution in [-0.4, -0.2) is 24.3 Å². The van der Waals surface area contributed by atoms with E-state index in [4.69, 9.17) is 19.8 Å².